The van der Waals surface area contributed by atoms with Crippen LogP contribution in [0.1, 0.15) is 5.69 Å². The molecule has 0 saturated carbocycles. The number of thiazole rings is 1. The number of benzene rings is 1. The van der Waals surface area contributed by atoms with Crippen molar-refractivity contribution in [2.75, 3.05) is 12.8 Å². The maximum atomic E-state index is 12.0. The van der Waals surface area contributed by atoms with Crippen LogP contribution in [0.3, 0.4) is 0 Å². The van der Waals surface area contributed by atoms with Crippen molar-refractivity contribution in [1.82, 2.24) is 9.71 Å². The van der Waals surface area contributed by atoms with E-state index in [0.29, 0.717) is 11.4 Å². The van der Waals surface area contributed by atoms with Gasteiger partial charge >= 0.3 is 0 Å². The Labute approximate surface area is 115 Å². The first-order chi connectivity index (χ1) is 9.03. The van der Waals surface area contributed by atoms with E-state index in [1.54, 1.807) is 10.9 Å². The molecule has 0 aliphatic carbocycles. The molecule has 0 spiro atoms. The highest BCUT2D eigenvalue weighted by Crippen LogP contribution is 2.24. The van der Waals surface area contributed by atoms with Crippen molar-refractivity contribution in [3.05, 3.63) is 34.8 Å². The van der Waals surface area contributed by atoms with Crippen LogP contribution >= 0.6 is 11.3 Å². The van der Waals surface area contributed by atoms with Crippen LogP contribution in [0, 0.1) is 0 Å². The Kier molecular flexibility index (Phi) is 4.03. The van der Waals surface area contributed by atoms with Crippen LogP contribution in [0.4, 0.5) is 5.69 Å². The number of hydrogen-bond acceptors (Lipinski definition) is 6. The van der Waals surface area contributed by atoms with Gasteiger partial charge in [0, 0.05) is 5.38 Å². The number of nitrogens with one attached hydrogen (secondary N) is 1. The van der Waals surface area contributed by atoms with Gasteiger partial charge in [-0.15, -0.1) is 11.3 Å². The van der Waals surface area contributed by atoms with Crippen molar-refractivity contribution in [3.63, 3.8) is 0 Å². The van der Waals surface area contributed by atoms with Crippen molar-refractivity contribution >= 4 is 27.0 Å². The van der Waals surface area contributed by atoms with Crippen molar-refractivity contribution in [2.45, 2.75) is 11.4 Å². The van der Waals surface area contributed by atoms with Crippen LogP contribution in [-0.4, -0.2) is 20.5 Å². The number of anilines is 1. The van der Waals surface area contributed by atoms with Gasteiger partial charge in [-0.25, -0.2) is 18.1 Å². The summed E-state index contributed by atoms with van der Waals surface area (Å²) in [5.74, 6) is 0.443. The summed E-state index contributed by atoms with van der Waals surface area (Å²) in [6.07, 6.45) is 0. The fourth-order valence-corrected chi connectivity index (χ4v) is 3.05. The summed E-state index contributed by atoms with van der Waals surface area (Å²) in [7, 11) is -2.13. The van der Waals surface area contributed by atoms with Gasteiger partial charge in [0.2, 0.25) is 10.0 Å². The first kappa shape index (κ1) is 13.8. The van der Waals surface area contributed by atoms with E-state index in [-0.39, 0.29) is 17.1 Å². The molecule has 6 nitrogen and oxygen atoms in total. The number of aromatic nitrogens is 1. The number of methoxy groups -OCH3 is 1. The van der Waals surface area contributed by atoms with E-state index in [4.69, 9.17) is 10.5 Å². The molecule has 2 rings (SSSR count). The van der Waals surface area contributed by atoms with Gasteiger partial charge in [0.05, 0.1) is 35.4 Å². The third kappa shape index (κ3) is 3.22. The summed E-state index contributed by atoms with van der Waals surface area (Å²) in [5, 5.41) is 1.78. The SMILES string of the molecule is COc1ccc(S(=O)(=O)NCc2cscn2)cc1N. The minimum Gasteiger partial charge on any atom is -0.495 e. The van der Waals surface area contributed by atoms with Gasteiger partial charge < -0.3 is 10.5 Å². The van der Waals surface area contributed by atoms with E-state index in [2.05, 4.69) is 9.71 Å². The zero-order chi connectivity index (χ0) is 13.9. The molecule has 19 heavy (non-hydrogen) atoms. The molecule has 0 aliphatic heterocycles. The number of ether oxygens (including phenoxy) is 1. The molecular formula is C11H13N3O3S2. The zero-order valence-electron chi connectivity index (χ0n) is 10.2. The lowest BCUT2D eigenvalue weighted by Gasteiger charge is -2.08. The number of sulfonamides is 1. The van der Waals surface area contributed by atoms with E-state index in [1.165, 1.54) is 36.6 Å². The predicted molar refractivity (Wildman–Crippen MR) is 73.5 cm³/mol. The van der Waals surface area contributed by atoms with Gasteiger partial charge in [0.15, 0.2) is 0 Å². The average molecular weight is 299 g/mol. The third-order valence-corrected chi connectivity index (χ3v) is 4.47. The molecule has 8 heteroatoms. The Balaban J connectivity index is 2.17. The molecule has 1 aromatic carbocycles. The quantitative estimate of drug-likeness (QED) is 0.809. The normalized spacial score (nSPS) is 11.4. The number of hydrogen-bond donors (Lipinski definition) is 2. The lowest BCUT2D eigenvalue weighted by Crippen LogP contribution is -2.23. The smallest absolute Gasteiger partial charge is 0.241 e. The number of nitrogens with two attached hydrogens (primary N) is 1. The van der Waals surface area contributed by atoms with Gasteiger partial charge in [-0.1, -0.05) is 0 Å². The Morgan fingerprint density at radius 2 is 2.26 bits per heavy atom. The summed E-state index contributed by atoms with van der Waals surface area (Å²) < 4.78 is 31.5. The highest BCUT2D eigenvalue weighted by Gasteiger charge is 2.15. The second kappa shape index (κ2) is 5.55. The third-order valence-electron chi connectivity index (χ3n) is 2.44. The highest BCUT2D eigenvalue weighted by atomic mass is 32.2. The number of nitrogens with zero attached hydrogens (tertiary/aromatic N) is 1. The lowest BCUT2D eigenvalue weighted by atomic mass is 10.3. The summed E-state index contributed by atoms with van der Waals surface area (Å²) in [4.78, 5) is 4.10. The van der Waals surface area contributed by atoms with Crippen LogP contribution in [0.15, 0.2) is 34.0 Å². The molecule has 0 radical (unpaired) electrons. The fourth-order valence-electron chi connectivity index (χ4n) is 1.46. The van der Waals surface area contributed by atoms with Gasteiger partial charge in [0.1, 0.15) is 5.75 Å². The molecule has 0 saturated heterocycles. The molecular weight excluding hydrogens is 286 g/mol. The molecule has 0 unspecified atom stereocenters. The Morgan fingerprint density at radius 3 is 2.84 bits per heavy atom. The molecule has 3 N–H and O–H groups in total. The van der Waals surface area contributed by atoms with Crippen LogP contribution in [0.25, 0.3) is 0 Å². The number of rotatable bonds is 5. The molecule has 1 aromatic heterocycles. The van der Waals surface area contributed by atoms with Crippen molar-refractivity contribution in [2.24, 2.45) is 0 Å². The largest absolute Gasteiger partial charge is 0.495 e. The first-order valence-corrected chi connectivity index (χ1v) is 7.76. The monoisotopic (exact) mass is 299 g/mol. The minimum absolute atomic E-state index is 0.0982. The Hall–Kier alpha value is -1.64. The van der Waals surface area contributed by atoms with Crippen LogP contribution in [-0.2, 0) is 16.6 Å². The summed E-state index contributed by atoms with van der Waals surface area (Å²) in [6.45, 7) is 0.151. The van der Waals surface area contributed by atoms with Crippen molar-refractivity contribution in [1.29, 1.82) is 0 Å². The van der Waals surface area contributed by atoms with Crippen LogP contribution in [0.2, 0.25) is 0 Å². The molecule has 0 bridgehead atoms. The van der Waals surface area contributed by atoms with E-state index < -0.39 is 10.0 Å². The molecule has 0 fully saturated rings. The standard InChI is InChI=1S/C11H13N3O3S2/c1-17-11-3-2-9(4-10(11)12)19(15,16)14-5-8-6-18-7-13-8/h2-4,6-7,14H,5,12H2,1H3. The van der Waals surface area contributed by atoms with E-state index in [9.17, 15) is 8.42 Å². The fraction of sp³-hybridized carbons (Fsp3) is 0.182. The molecule has 0 atom stereocenters. The number of nitrogen functional groups attached to an aromatic ring is 1. The summed E-state index contributed by atoms with van der Waals surface area (Å²) >= 11 is 1.41. The van der Waals surface area contributed by atoms with Gasteiger partial charge in [0.25, 0.3) is 0 Å². The molecule has 1 heterocycles. The predicted octanol–water partition coefficient (Wildman–Crippen LogP) is 1.21. The second-order valence-corrected chi connectivity index (χ2v) is 6.19. The van der Waals surface area contributed by atoms with Gasteiger partial charge in [-0.3, -0.25) is 0 Å². The van der Waals surface area contributed by atoms with Gasteiger partial charge in [-0.05, 0) is 18.2 Å². The zero-order valence-corrected chi connectivity index (χ0v) is 11.8. The molecule has 102 valence electrons. The average Bonchev–Trinajstić information content (AvgIpc) is 2.89. The maximum absolute atomic E-state index is 12.0. The summed E-state index contributed by atoms with van der Waals surface area (Å²) in [6, 6.07) is 4.33. The van der Waals surface area contributed by atoms with Crippen molar-refractivity contribution < 1.29 is 13.2 Å². The Bertz CT molecular complexity index is 654. The van der Waals surface area contributed by atoms with E-state index in [1.807, 2.05) is 0 Å². The maximum Gasteiger partial charge on any atom is 0.241 e. The minimum atomic E-state index is -3.60. The Morgan fingerprint density at radius 1 is 1.47 bits per heavy atom. The van der Waals surface area contributed by atoms with E-state index >= 15 is 0 Å². The molecule has 0 aliphatic rings. The summed E-state index contributed by atoms with van der Waals surface area (Å²) in [5.41, 5.74) is 8.29. The van der Waals surface area contributed by atoms with E-state index in [0.717, 1.165) is 0 Å². The molecule has 2 aromatic rings. The van der Waals surface area contributed by atoms with Crippen LogP contribution in [0.5, 0.6) is 5.75 Å². The van der Waals surface area contributed by atoms with Crippen LogP contribution < -0.4 is 15.2 Å². The second-order valence-electron chi connectivity index (χ2n) is 3.71. The lowest BCUT2D eigenvalue weighted by molar-refractivity contribution is 0.416. The van der Waals surface area contributed by atoms with Gasteiger partial charge in [-0.2, -0.15) is 0 Å². The highest BCUT2D eigenvalue weighted by molar-refractivity contribution is 7.89. The molecule has 0 amide bonds. The first-order valence-electron chi connectivity index (χ1n) is 5.33. The van der Waals surface area contributed by atoms with Crippen molar-refractivity contribution in [3.8, 4) is 5.75 Å². The topological polar surface area (TPSA) is 94.3 Å².